The summed E-state index contributed by atoms with van der Waals surface area (Å²) in [6, 6.07) is 6.58. The number of halogens is 1. The molecular weight excluding hydrogens is 410 g/mol. The average molecular weight is 430 g/mol. The fourth-order valence-electron chi connectivity index (χ4n) is 2.72. The van der Waals surface area contributed by atoms with Crippen molar-refractivity contribution < 1.29 is 18.0 Å². The van der Waals surface area contributed by atoms with E-state index in [9.17, 15) is 18.0 Å². The van der Waals surface area contributed by atoms with E-state index in [2.05, 4.69) is 21.2 Å². The highest BCUT2D eigenvalue weighted by Crippen LogP contribution is 2.28. The minimum Gasteiger partial charge on any atom is -0.347 e. The predicted octanol–water partition coefficient (Wildman–Crippen LogP) is 0.808. The number of nitrogens with zero attached hydrogens (tertiary/aromatic N) is 2. The van der Waals surface area contributed by atoms with Gasteiger partial charge in [-0.2, -0.15) is 4.31 Å². The molecule has 0 radical (unpaired) electrons. The first kappa shape index (κ1) is 18.3. The fraction of sp³-hybridized carbons (Fsp3) is 0.500. The fourth-order valence-corrected chi connectivity index (χ4v) is 4.74. The molecule has 1 heterocycles. The monoisotopic (exact) mass is 429 g/mol. The van der Waals surface area contributed by atoms with Gasteiger partial charge in [-0.25, -0.2) is 8.42 Å². The molecule has 7 nitrogen and oxygen atoms in total. The van der Waals surface area contributed by atoms with Crippen LogP contribution in [0.5, 0.6) is 0 Å². The maximum atomic E-state index is 12.7. The van der Waals surface area contributed by atoms with Gasteiger partial charge in [0.15, 0.2) is 0 Å². The van der Waals surface area contributed by atoms with Gasteiger partial charge in [0, 0.05) is 36.6 Å². The van der Waals surface area contributed by atoms with Gasteiger partial charge in [-0.3, -0.25) is 9.59 Å². The van der Waals surface area contributed by atoms with Gasteiger partial charge >= 0.3 is 0 Å². The van der Waals surface area contributed by atoms with Gasteiger partial charge in [0.1, 0.15) is 0 Å². The van der Waals surface area contributed by atoms with Crippen LogP contribution in [0, 0.1) is 5.92 Å². The van der Waals surface area contributed by atoms with Gasteiger partial charge in [0.05, 0.1) is 11.4 Å². The van der Waals surface area contributed by atoms with Gasteiger partial charge in [-0.15, -0.1) is 0 Å². The molecule has 25 heavy (non-hydrogen) atoms. The summed E-state index contributed by atoms with van der Waals surface area (Å²) in [5, 5.41) is 2.65. The Bertz CT molecular complexity index is 771. The molecule has 0 unspecified atom stereocenters. The summed E-state index contributed by atoms with van der Waals surface area (Å²) in [7, 11) is -3.57. The lowest BCUT2D eigenvalue weighted by Crippen LogP contribution is -2.52. The van der Waals surface area contributed by atoms with E-state index in [1.807, 2.05) is 0 Å². The number of nitrogens with one attached hydrogen (secondary N) is 1. The Morgan fingerprint density at radius 3 is 2.44 bits per heavy atom. The quantitative estimate of drug-likeness (QED) is 0.749. The van der Waals surface area contributed by atoms with Crippen LogP contribution < -0.4 is 5.32 Å². The number of rotatable bonds is 5. The van der Waals surface area contributed by atoms with Crippen molar-refractivity contribution in [1.82, 2.24) is 14.5 Å². The van der Waals surface area contributed by atoms with Crippen LogP contribution in [0.25, 0.3) is 0 Å². The maximum Gasteiger partial charge on any atom is 0.243 e. The molecule has 1 aromatic rings. The van der Waals surface area contributed by atoms with E-state index in [1.54, 1.807) is 29.2 Å². The standard InChI is InChI=1S/C16H20BrN3O4S/c17-13-2-1-3-14(10-13)25(23,24)20-8-6-19(7-9-20)15(21)11-18-16(22)12-4-5-12/h1-3,10,12H,4-9,11H2,(H,18,22). The topological polar surface area (TPSA) is 86.8 Å². The first-order valence-electron chi connectivity index (χ1n) is 8.19. The number of carbonyl (C=O) groups is 2. The Morgan fingerprint density at radius 2 is 1.84 bits per heavy atom. The molecule has 2 fully saturated rings. The van der Waals surface area contributed by atoms with Crippen LogP contribution in [-0.4, -0.2) is 62.2 Å². The van der Waals surface area contributed by atoms with E-state index in [-0.39, 0.29) is 42.3 Å². The Morgan fingerprint density at radius 1 is 1.16 bits per heavy atom. The van der Waals surface area contributed by atoms with Crippen molar-refractivity contribution in [3.8, 4) is 0 Å². The van der Waals surface area contributed by atoms with Crippen LogP contribution in [0.3, 0.4) is 0 Å². The molecule has 0 aromatic heterocycles. The Kier molecular flexibility index (Phi) is 5.45. The minimum atomic E-state index is -3.57. The zero-order valence-corrected chi connectivity index (χ0v) is 16.1. The summed E-state index contributed by atoms with van der Waals surface area (Å²) in [5.41, 5.74) is 0. The molecule has 1 N–H and O–H groups in total. The largest absolute Gasteiger partial charge is 0.347 e. The van der Waals surface area contributed by atoms with Crippen molar-refractivity contribution in [2.24, 2.45) is 5.92 Å². The van der Waals surface area contributed by atoms with E-state index in [0.717, 1.165) is 12.8 Å². The van der Waals surface area contributed by atoms with E-state index in [0.29, 0.717) is 17.6 Å². The van der Waals surface area contributed by atoms with Crippen LogP contribution >= 0.6 is 15.9 Å². The van der Waals surface area contributed by atoms with Crippen molar-refractivity contribution in [3.05, 3.63) is 28.7 Å². The molecule has 1 saturated heterocycles. The zero-order chi connectivity index (χ0) is 18.0. The number of carbonyl (C=O) groups excluding carboxylic acids is 2. The second kappa shape index (κ2) is 7.43. The summed E-state index contributed by atoms with van der Waals surface area (Å²) in [5.74, 6) is -0.169. The molecule has 9 heteroatoms. The number of hydrogen-bond donors (Lipinski definition) is 1. The maximum absolute atomic E-state index is 12.7. The smallest absolute Gasteiger partial charge is 0.243 e. The van der Waals surface area contributed by atoms with Gasteiger partial charge in [-0.05, 0) is 31.0 Å². The molecular formula is C16H20BrN3O4S. The van der Waals surface area contributed by atoms with E-state index in [4.69, 9.17) is 0 Å². The molecule has 136 valence electrons. The van der Waals surface area contributed by atoms with Gasteiger partial charge in [0.25, 0.3) is 0 Å². The highest BCUT2D eigenvalue weighted by Gasteiger charge is 2.32. The first-order chi connectivity index (χ1) is 11.9. The van der Waals surface area contributed by atoms with Crippen molar-refractivity contribution in [1.29, 1.82) is 0 Å². The highest BCUT2D eigenvalue weighted by atomic mass is 79.9. The predicted molar refractivity (Wildman–Crippen MR) is 95.2 cm³/mol. The van der Waals surface area contributed by atoms with E-state index in [1.165, 1.54) is 4.31 Å². The Hall–Kier alpha value is -1.45. The SMILES string of the molecule is O=C(NCC(=O)N1CCN(S(=O)(=O)c2cccc(Br)c2)CC1)C1CC1. The molecule has 2 amide bonds. The third-order valence-corrected chi connectivity index (χ3v) is 6.78. The Balaban J connectivity index is 1.54. The average Bonchev–Trinajstić information content (AvgIpc) is 3.44. The third-order valence-electron chi connectivity index (χ3n) is 4.39. The number of hydrogen-bond acceptors (Lipinski definition) is 4. The number of sulfonamides is 1. The van der Waals surface area contributed by atoms with Gasteiger partial charge in [0.2, 0.25) is 21.8 Å². The van der Waals surface area contributed by atoms with Crippen LogP contribution in [-0.2, 0) is 19.6 Å². The second-order valence-corrected chi connectivity index (χ2v) is 9.09. The lowest BCUT2D eigenvalue weighted by molar-refractivity contribution is -0.134. The number of benzene rings is 1. The Labute approximate surface area is 155 Å². The summed E-state index contributed by atoms with van der Waals surface area (Å²) in [4.78, 5) is 25.6. The van der Waals surface area contributed by atoms with Crippen molar-refractivity contribution in [3.63, 3.8) is 0 Å². The molecule has 1 saturated carbocycles. The molecule has 1 aliphatic carbocycles. The van der Waals surface area contributed by atoms with Crippen molar-refractivity contribution in [2.75, 3.05) is 32.7 Å². The van der Waals surface area contributed by atoms with Crippen LogP contribution in [0.1, 0.15) is 12.8 Å². The molecule has 1 aliphatic heterocycles. The number of amides is 2. The summed E-state index contributed by atoms with van der Waals surface area (Å²) < 4.78 is 27.4. The van der Waals surface area contributed by atoms with Gasteiger partial charge in [-0.1, -0.05) is 22.0 Å². The summed E-state index contributed by atoms with van der Waals surface area (Å²) >= 11 is 3.28. The van der Waals surface area contributed by atoms with Gasteiger partial charge < -0.3 is 10.2 Å². The van der Waals surface area contributed by atoms with E-state index >= 15 is 0 Å². The summed E-state index contributed by atoms with van der Waals surface area (Å²) in [6.07, 6.45) is 1.79. The van der Waals surface area contributed by atoms with E-state index < -0.39 is 10.0 Å². The normalized spacial score (nSPS) is 18.8. The first-order valence-corrected chi connectivity index (χ1v) is 10.4. The molecule has 3 rings (SSSR count). The summed E-state index contributed by atoms with van der Waals surface area (Å²) in [6.45, 7) is 1.12. The zero-order valence-electron chi connectivity index (χ0n) is 13.7. The van der Waals surface area contributed by atoms with Crippen molar-refractivity contribution >= 4 is 37.8 Å². The molecule has 0 bridgehead atoms. The molecule has 1 aromatic carbocycles. The van der Waals surface area contributed by atoms with Crippen LogP contribution in [0.2, 0.25) is 0 Å². The molecule has 2 aliphatic rings. The lowest BCUT2D eigenvalue weighted by atomic mass is 10.3. The molecule has 0 spiro atoms. The lowest BCUT2D eigenvalue weighted by Gasteiger charge is -2.34. The minimum absolute atomic E-state index is 0.0201. The second-order valence-electron chi connectivity index (χ2n) is 6.23. The molecule has 0 atom stereocenters. The van der Waals surface area contributed by atoms with Crippen LogP contribution in [0.15, 0.2) is 33.6 Å². The van der Waals surface area contributed by atoms with Crippen LogP contribution in [0.4, 0.5) is 0 Å². The highest BCUT2D eigenvalue weighted by molar-refractivity contribution is 9.10. The third kappa shape index (κ3) is 4.39. The van der Waals surface area contributed by atoms with Crippen molar-refractivity contribution in [2.45, 2.75) is 17.7 Å². The number of piperazine rings is 1.